The Balaban J connectivity index is 5.71. The molecule has 0 aromatic rings. The summed E-state index contributed by atoms with van der Waals surface area (Å²) in [5, 5.41) is 2.13. The maximum Gasteiger partial charge on any atom is 0.433 e. The van der Waals surface area contributed by atoms with Crippen molar-refractivity contribution in [1.29, 1.82) is 0 Å². The second kappa shape index (κ2) is 9.59. The molecule has 3 nitrogen and oxygen atoms in total. The largest absolute Gasteiger partial charge is 0.433 e. The fraction of sp³-hybridized carbons (Fsp3) is 0.250. The van der Waals surface area contributed by atoms with Gasteiger partial charge >= 0.3 is 6.18 Å². The first kappa shape index (κ1) is 21.5. The lowest BCUT2D eigenvalue weighted by molar-refractivity contribution is -0.114. The molecular formula is C16H17F5N2O. The minimum Gasteiger partial charge on any atom is -0.321 e. The second-order valence-electron chi connectivity index (χ2n) is 4.37. The van der Waals surface area contributed by atoms with E-state index in [-0.39, 0.29) is 5.70 Å². The monoisotopic (exact) mass is 348 g/mol. The minimum atomic E-state index is -4.86. The number of nitrogens with one attached hydrogen (secondary N) is 1. The average molecular weight is 348 g/mol. The van der Waals surface area contributed by atoms with Gasteiger partial charge in [-0.25, -0.2) is 13.8 Å². The Labute approximate surface area is 136 Å². The molecule has 0 bridgehead atoms. The number of carbonyl (C=O) groups excluding carboxylic acids is 1. The third-order valence-corrected chi connectivity index (χ3v) is 2.36. The number of rotatable bonds is 6. The molecule has 0 aliphatic carbocycles. The summed E-state index contributed by atoms with van der Waals surface area (Å²) in [7, 11) is 0. The Morgan fingerprint density at radius 3 is 2.12 bits per heavy atom. The van der Waals surface area contributed by atoms with Crippen molar-refractivity contribution in [3.05, 3.63) is 60.0 Å². The van der Waals surface area contributed by atoms with Crippen molar-refractivity contribution in [3.8, 4) is 0 Å². The van der Waals surface area contributed by atoms with Crippen molar-refractivity contribution in [2.45, 2.75) is 26.9 Å². The van der Waals surface area contributed by atoms with E-state index in [1.807, 2.05) is 0 Å². The van der Waals surface area contributed by atoms with Gasteiger partial charge < -0.3 is 5.32 Å². The summed E-state index contributed by atoms with van der Waals surface area (Å²) >= 11 is 0. The quantitative estimate of drug-likeness (QED) is 0.417. The van der Waals surface area contributed by atoms with Crippen molar-refractivity contribution in [1.82, 2.24) is 5.32 Å². The SMILES string of the molecule is C=C(F)C(=N/C(=C\C)C(F)(F)F)C(=O)NC(/C=C\C)=C/C=C(\C)F. The number of alkyl halides is 3. The van der Waals surface area contributed by atoms with Crippen LogP contribution < -0.4 is 5.32 Å². The molecule has 0 aliphatic heterocycles. The van der Waals surface area contributed by atoms with Gasteiger partial charge in [0.05, 0.1) is 5.83 Å². The summed E-state index contributed by atoms with van der Waals surface area (Å²) in [6.07, 6.45) is 0.744. The van der Waals surface area contributed by atoms with E-state index < -0.39 is 35.1 Å². The first-order chi connectivity index (χ1) is 11.0. The van der Waals surface area contributed by atoms with Gasteiger partial charge in [0.1, 0.15) is 11.5 Å². The number of allylic oxidation sites excluding steroid dienone is 7. The summed E-state index contributed by atoms with van der Waals surface area (Å²) in [6, 6.07) is 0. The number of hydrogen-bond acceptors (Lipinski definition) is 2. The lowest BCUT2D eigenvalue weighted by atomic mass is 10.2. The minimum absolute atomic E-state index is 0.0301. The lowest BCUT2D eigenvalue weighted by Gasteiger charge is -2.10. The summed E-state index contributed by atoms with van der Waals surface area (Å²) in [4.78, 5) is 15.0. The van der Waals surface area contributed by atoms with Crippen LogP contribution in [-0.4, -0.2) is 17.8 Å². The van der Waals surface area contributed by atoms with E-state index in [2.05, 4.69) is 16.9 Å². The van der Waals surface area contributed by atoms with Crippen molar-refractivity contribution >= 4 is 11.6 Å². The first-order valence-electron chi connectivity index (χ1n) is 6.68. The number of hydrogen-bond donors (Lipinski definition) is 1. The van der Waals surface area contributed by atoms with Gasteiger partial charge in [-0.2, -0.15) is 13.2 Å². The fourth-order valence-electron chi connectivity index (χ4n) is 1.36. The molecule has 0 heterocycles. The zero-order valence-corrected chi connectivity index (χ0v) is 13.3. The molecule has 0 spiro atoms. The molecule has 1 N–H and O–H groups in total. The molecule has 8 heteroatoms. The average Bonchev–Trinajstić information content (AvgIpc) is 2.43. The van der Waals surface area contributed by atoms with E-state index in [1.54, 1.807) is 6.92 Å². The van der Waals surface area contributed by atoms with Crippen LogP contribution in [0.2, 0.25) is 0 Å². The molecule has 24 heavy (non-hydrogen) atoms. The molecule has 0 saturated heterocycles. The van der Waals surface area contributed by atoms with Crippen LogP contribution in [0.25, 0.3) is 0 Å². The third kappa shape index (κ3) is 7.66. The number of nitrogens with zero attached hydrogens (tertiary/aromatic N) is 1. The summed E-state index contributed by atoms with van der Waals surface area (Å²) in [5.74, 6) is -3.25. The van der Waals surface area contributed by atoms with E-state index in [1.165, 1.54) is 12.2 Å². The van der Waals surface area contributed by atoms with Gasteiger partial charge in [-0.1, -0.05) is 18.7 Å². The topological polar surface area (TPSA) is 41.5 Å². The van der Waals surface area contributed by atoms with Crippen molar-refractivity contribution in [3.63, 3.8) is 0 Å². The Hall–Kier alpha value is -2.51. The smallest absolute Gasteiger partial charge is 0.321 e. The summed E-state index contributed by atoms with van der Waals surface area (Å²) in [6.45, 7) is 6.61. The highest BCUT2D eigenvalue weighted by Gasteiger charge is 2.34. The van der Waals surface area contributed by atoms with Crippen LogP contribution in [0.3, 0.4) is 0 Å². The first-order valence-corrected chi connectivity index (χ1v) is 6.68. The molecule has 0 fully saturated rings. The molecule has 0 radical (unpaired) electrons. The van der Waals surface area contributed by atoms with Crippen LogP contribution in [0.5, 0.6) is 0 Å². The summed E-state index contributed by atoms with van der Waals surface area (Å²) < 4.78 is 64.1. The normalized spacial score (nSPS) is 15.0. The molecule has 1 amide bonds. The molecule has 0 saturated carbocycles. The maximum atomic E-state index is 13.4. The highest BCUT2D eigenvalue weighted by Crippen LogP contribution is 2.27. The Morgan fingerprint density at radius 1 is 1.17 bits per heavy atom. The van der Waals surface area contributed by atoms with Gasteiger partial charge in [-0.15, -0.1) is 0 Å². The molecule has 0 atom stereocenters. The Kier molecular flexibility index (Phi) is 8.59. The van der Waals surface area contributed by atoms with Gasteiger partial charge in [0.15, 0.2) is 5.71 Å². The second-order valence-corrected chi connectivity index (χ2v) is 4.37. The fourth-order valence-corrected chi connectivity index (χ4v) is 1.36. The molecule has 0 unspecified atom stereocenters. The number of aliphatic imine (C=N–C) groups is 1. The Morgan fingerprint density at radius 2 is 1.75 bits per heavy atom. The highest BCUT2D eigenvalue weighted by molar-refractivity contribution is 6.45. The van der Waals surface area contributed by atoms with Crippen molar-refractivity contribution in [2.75, 3.05) is 0 Å². The van der Waals surface area contributed by atoms with E-state index in [9.17, 15) is 26.7 Å². The number of carbonyl (C=O) groups is 1. The van der Waals surface area contributed by atoms with Gasteiger partial charge in [0.2, 0.25) is 0 Å². The van der Waals surface area contributed by atoms with Crippen LogP contribution in [0.4, 0.5) is 22.0 Å². The van der Waals surface area contributed by atoms with E-state index >= 15 is 0 Å². The maximum absolute atomic E-state index is 13.4. The predicted molar refractivity (Wildman–Crippen MR) is 83.4 cm³/mol. The van der Waals surface area contributed by atoms with Crippen LogP contribution in [0.1, 0.15) is 20.8 Å². The van der Waals surface area contributed by atoms with Crippen molar-refractivity contribution in [2.24, 2.45) is 4.99 Å². The number of amides is 1. The molecule has 0 aromatic heterocycles. The van der Waals surface area contributed by atoms with E-state index in [4.69, 9.17) is 0 Å². The van der Waals surface area contributed by atoms with E-state index in [0.717, 1.165) is 26.0 Å². The van der Waals surface area contributed by atoms with Crippen molar-refractivity contribution < 1.29 is 26.7 Å². The van der Waals surface area contributed by atoms with Gasteiger partial charge in [0, 0.05) is 5.70 Å². The summed E-state index contributed by atoms with van der Waals surface area (Å²) in [5.41, 5.74) is -2.54. The lowest BCUT2D eigenvalue weighted by Crippen LogP contribution is -2.31. The van der Waals surface area contributed by atoms with Gasteiger partial charge in [-0.05, 0) is 39.0 Å². The molecule has 132 valence electrons. The Bertz CT molecular complexity index is 633. The number of halogens is 5. The molecule has 0 aromatic carbocycles. The van der Waals surface area contributed by atoms with E-state index in [0.29, 0.717) is 6.08 Å². The van der Waals surface area contributed by atoms with Gasteiger partial charge in [0.25, 0.3) is 5.91 Å². The molecule has 0 aliphatic rings. The zero-order chi connectivity index (χ0) is 18.9. The van der Waals surface area contributed by atoms with Crippen LogP contribution in [0, 0.1) is 0 Å². The third-order valence-electron chi connectivity index (χ3n) is 2.36. The van der Waals surface area contributed by atoms with Crippen LogP contribution in [-0.2, 0) is 4.79 Å². The molecule has 0 rings (SSSR count). The predicted octanol–water partition coefficient (Wildman–Crippen LogP) is 4.83. The molecular weight excluding hydrogens is 331 g/mol. The standard InChI is InChI=1S/C16H17F5N2O/c1-5-7-12(9-8-10(3)17)22-15(24)14(11(4)18)23-13(6-2)16(19,20)21/h5-9H,4H2,1-3H3,(H,22,24)/b7-5-,10-8+,12-9+,13-6-,23-14?. The van der Waals surface area contributed by atoms with Gasteiger partial charge in [-0.3, -0.25) is 4.79 Å². The highest BCUT2D eigenvalue weighted by atomic mass is 19.4. The zero-order valence-electron chi connectivity index (χ0n) is 13.3. The van der Waals surface area contributed by atoms with Crippen LogP contribution >= 0.6 is 0 Å². The van der Waals surface area contributed by atoms with Crippen LogP contribution in [0.15, 0.2) is 65.0 Å².